The Morgan fingerprint density at radius 1 is 1.12 bits per heavy atom. The van der Waals surface area contributed by atoms with Crippen molar-refractivity contribution in [1.29, 1.82) is 0 Å². The summed E-state index contributed by atoms with van der Waals surface area (Å²) in [5, 5.41) is 0. The third kappa shape index (κ3) is 3.22. The van der Waals surface area contributed by atoms with Gasteiger partial charge in [-0.05, 0) is 43.2 Å². The number of urea groups is 1. The number of fused-ring (bicyclic) bond motifs is 1. The van der Waals surface area contributed by atoms with Crippen molar-refractivity contribution < 1.29 is 9.18 Å². The summed E-state index contributed by atoms with van der Waals surface area (Å²) in [4.78, 5) is 24.9. The fourth-order valence-corrected chi connectivity index (χ4v) is 2.99. The molecule has 2 heterocycles. The number of halogens is 1. The average Bonchev–Trinajstić information content (AvgIpc) is 2.77. The predicted molar refractivity (Wildman–Crippen MR) is 90.2 cm³/mol. The highest BCUT2D eigenvalue weighted by atomic mass is 19.1. The molecular weight excluding hydrogens is 307 g/mol. The van der Waals surface area contributed by atoms with Gasteiger partial charge in [0.05, 0.1) is 0 Å². The minimum Gasteiger partial charge on any atom is -0.331 e. The molecule has 0 saturated carbocycles. The molecule has 3 rings (SSSR count). The molecule has 0 atom stereocenters. The van der Waals surface area contributed by atoms with Crippen molar-refractivity contribution in [3.63, 3.8) is 0 Å². The van der Waals surface area contributed by atoms with Gasteiger partial charge in [-0.25, -0.2) is 19.2 Å². The van der Waals surface area contributed by atoms with Gasteiger partial charge < -0.3 is 9.80 Å². The predicted octanol–water partition coefficient (Wildman–Crippen LogP) is 2.67. The van der Waals surface area contributed by atoms with Crippen LogP contribution < -0.4 is 0 Å². The summed E-state index contributed by atoms with van der Waals surface area (Å²) in [7, 11) is 3.52. The number of carbonyl (C=O) groups is 1. The highest BCUT2D eigenvalue weighted by Gasteiger charge is 2.22. The molecule has 2 amide bonds. The third-order valence-corrected chi connectivity index (χ3v) is 4.31. The molecule has 0 N–H and O–H groups in total. The van der Waals surface area contributed by atoms with Crippen LogP contribution in [0.15, 0.2) is 24.3 Å². The Balaban J connectivity index is 1.90. The van der Waals surface area contributed by atoms with Gasteiger partial charge >= 0.3 is 6.03 Å². The molecule has 0 radical (unpaired) electrons. The lowest BCUT2D eigenvalue weighted by Crippen LogP contribution is -2.40. The first kappa shape index (κ1) is 16.4. The maximum absolute atomic E-state index is 13.1. The maximum atomic E-state index is 13.1. The molecule has 0 unspecified atom stereocenters. The number of rotatable bonds is 1. The maximum Gasteiger partial charge on any atom is 0.319 e. The van der Waals surface area contributed by atoms with Gasteiger partial charge in [0.25, 0.3) is 0 Å². The minimum atomic E-state index is -0.275. The van der Waals surface area contributed by atoms with Crippen LogP contribution in [0.25, 0.3) is 11.4 Å². The van der Waals surface area contributed by atoms with Crippen LogP contribution >= 0.6 is 0 Å². The van der Waals surface area contributed by atoms with Gasteiger partial charge in [-0.1, -0.05) is 0 Å². The van der Waals surface area contributed by atoms with E-state index < -0.39 is 0 Å². The van der Waals surface area contributed by atoms with Crippen molar-refractivity contribution in [3.05, 3.63) is 47.0 Å². The van der Waals surface area contributed by atoms with Crippen molar-refractivity contribution in [2.24, 2.45) is 0 Å². The SMILES string of the molecule is Cc1nc(-c2ccc(F)cc2)nc2c1CCN(C(=O)N(C)C)CC2. The van der Waals surface area contributed by atoms with E-state index in [-0.39, 0.29) is 11.8 Å². The molecule has 5 nitrogen and oxygen atoms in total. The summed E-state index contributed by atoms with van der Waals surface area (Å²) in [6.45, 7) is 3.28. The van der Waals surface area contributed by atoms with Crippen LogP contribution in [0.2, 0.25) is 0 Å². The van der Waals surface area contributed by atoms with Crippen LogP contribution in [0, 0.1) is 12.7 Å². The zero-order valence-electron chi connectivity index (χ0n) is 14.2. The molecule has 24 heavy (non-hydrogen) atoms. The van der Waals surface area contributed by atoms with E-state index in [1.165, 1.54) is 12.1 Å². The molecule has 0 bridgehead atoms. The molecule has 0 aliphatic carbocycles. The van der Waals surface area contributed by atoms with Gasteiger partial charge in [0.1, 0.15) is 5.82 Å². The number of carbonyl (C=O) groups excluding carboxylic acids is 1. The minimum absolute atomic E-state index is 0.0205. The Morgan fingerprint density at radius 2 is 1.79 bits per heavy atom. The molecule has 6 heteroatoms. The van der Waals surface area contributed by atoms with Crippen LogP contribution in [0.1, 0.15) is 17.0 Å². The summed E-state index contributed by atoms with van der Waals surface area (Å²) in [6.07, 6.45) is 1.46. The smallest absolute Gasteiger partial charge is 0.319 e. The average molecular weight is 328 g/mol. The van der Waals surface area contributed by atoms with Crippen molar-refractivity contribution in [2.45, 2.75) is 19.8 Å². The Kier molecular flexibility index (Phi) is 4.46. The Morgan fingerprint density at radius 3 is 2.46 bits per heavy atom. The molecule has 1 aromatic heterocycles. The number of aryl methyl sites for hydroxylation is 1. The zero-order chi connectivity index (χ0) is 17.3. The highest BCUT2D eigenvalue weighted by Crippen LogP contribution is 2.22. The first-order chi connectivity index (χ1) is 11.5. The number of nitrogens with zero attached hydrogens (tertiary/aromatic N) is 4. The van der Waals surface area contributed by atoms with Gasteiger partial charge in [0.2, 0.25) is 0 Å². The van der Waals surface area contributed by atoms with E-state index >= 15 is 0 Å². The number of hydrogen-bond acceptors (Lipinski definition) is 3. The molecule has 1 aromatic carbocycles. The monoisotopic (exact) mass is 328 g/mol. The lowest BCUT2D eigenvalue weighted by atomic mass is 10.1. The second kappa shape index (κ2) is 6.55. The van der Waals surface area contributed by atoms with E-state index in [0.717, 1.165) is 28.9 Å². The number of benzene rings is 1. The molecule has 2 aromatic rings. The Hall–Kier alpha value is -2.50. The molecule has 1 aliphatic rings. The second-order valence-electron chi connectivity index (χ2n) is 6.23. The van der Waals surface area contributed by atoms with Crippen molar-refractivity contribution >= 4 is 6.03 Å². The van der Waals surface area contributed by atoms with Crippen LogP contribution in [0.4, 0.5) is 9.18 Å². The summed E-state index contributed by atoms with van der Waals surface area (Å²) in [5.41, 5.74) is 3.83. The summed E-state index contributed by atoms with van der Waals surface area (Å²) < 4.78 is 13.1. The van der Waals surface area contributed by atoms with Crippen molar-refractivity contribution in [1.82, 2.24) is 19.8 Å². The molecule has 1 aliphatic heterocycles. The Labute approximate surface area is 141 Å². The molecule has 0 spiro atoms. The third-order valence-electron chi connectivity index (χ3n) is 4.31. The van der Waals surface area contributed by atoms with Gasteiger partial charge in [-0.3, -0.25) is 0 Å². The number of amides is 2. The normalized spacial score (nSPS) is 14.1. The zero-order valence-corrected chi connectivity index (χ0v) is 14.2. The fourth-order valence-electron chi connectivity index (χ4n) is 2.99. The van der Waals surface area contributed by atoms with Crippen LogP contribution in [0.3, 0.4) is 0 Å². The van der Waals surface area contributed by atoms with E-state index in [0.29, 0.717) is 25.3 Å². The quantitative estimate of drug-likeness (QED) is 0.809. The lowest BCUT2D eigenvalue weighted by molar-refractivity contribution is 0.173. The summed E-state index contributed by atoms with van der Waals surface area (Å²) in [5.74, 6) is 0.335. The topological polar surface area (TPSA) is 49.3 Å². The lowest BCUT2D eigenvalue weighted by Gasteiger charge is -2.24. The van der Waals surface area contributed by atoms with E-state index in [1.54, 1.807) is 31.1 Å². The van der Waals surface area contributed by atoms with E-state index in [2.05, 4.69) is 9.97 Å². The van der Waals surface area contributed by atoms with Crippen molar-refractivity contribution in [2.75, 3.05) is 27.2 Å². The van der Waals surface area contributed by atoms with E-state index in [4.69, 9.17) is 0 Å². The van der Waals surface area contributed by atoms with Gasteiger partial charge in [0, 0.05) is 50.6 Å². The number of aromatic nitrogens is 2. The Bertz CT molecular complexity index is 758. The van der Waals surface area contributed by atoms with Gasteiger partial charge in [-0.15, -0.1) is 0 Å². The van der Waals surface area contributed by atoms with E-state index in [1.807, 2.05) is 11.8 Å². The fraction of sp³-hybridized carbons (Fsp3) is 0.389. The summed E-state index contributed by atoms with van der Waals surface area (Å²) in [6, 6.07) is 6.23. The molecular formula is C18H21FN4O. The van der Waals surface area contributed by atoms with Crippen LogP contribution in [-0.4, -0.2) is 53.0 Å². The second-order valence-corrected chi connectivity index (χ2v) is 6.23. The summed E-state index contributed by atoms with van der Waals surface area (Å²) >= 11 is 0. The number of hydrogen-bond donors (Lipinski definition) is 0. The highest BCUT2D eigenvalue weighted by molar-refractivity contribution is 5.74. The van der Waals surface area contributed by atoms with Crippen LogP contribution in [0.5, 0.6) is 0 Å². The molecule has 126 valence electrons. The van der Waals surface area contributed by atoms with Crippen LogP contribution in [-0.2, 0) is 12.8 Å². The van der Waals surface area contributed by atoms with Gasteiger partial charge in [-0.2, -0.15) is 0 Å². The first-order valence-electron chi connectivity index (χ1n) is 8.04. The van der Waals surface area contributed by atoms with E-state index in [9.17, 15) is 9.18 Å². The first-order valence-corrected chi connectivity index (χ1v) is 8.04. The van der Waals surface area contributed by atoms with Gasteiger partial charge in [0.15, 0.2) is 5.82 Å². The van der Waals surface area contributed by atoms with Crippen molar-refractivity contribution in [3.8, 4) is 11.4 Å². The standard InChI is InChI=1S/C18H21FN4O/c1-12-15-8-10-23(18(24)22(2)3)11-9-16(15)21-17(20-12)13-4-6-14(19)7-5-13/h4-7H,8-11H2,1-3H3. The molecule has 0 fully saturated rings. The molecule has 0 saturated heterocycles. The largest absolute Gasteiger partial charge is 0.331 e.